The standard InChI is InChI=1S/C17H17ClN2O5/c1-10(16(21)20-15-7-4-11(18)9-19-15)25-17(22)13-8-12(23-2)5-6-14(13)24-3/h4-10H,1-3H3,(H,19,20,21)/t10-/m1/s1. The summed E-state index contributed by atoms with van der Waals surface area (Å²) in [5, 5.41) is 2.98. The normalized spacial score (nSPS) is 11.4. The monoisotopic (exact) mass is 364 g/mol. The van der Waals surface area contributed by atoms with Gasteiger partial charge >= 0.3 is 5.97 Å². The average Bonchev–Trinajstić information content (AvgIpc) is 2.62. The van der Waals surface area contributed by atoms with E-state index in [4.69, 9.17) is 25.8 Å². The molecule has 1 heterocycles. The molecule has 0 unspecified atom stereocenters. The molecule has 0 spiro atoms. The summed E-state index contributed by atoms with van der Waals surface area (Å²) in [4.78, 5) is 28.4. The van der Waals surface area contributed by atoms with E-state index in [0.717, 1.165) is 0 Å². The predicted molar refractivity (Wildman–Crippen MR) is 92.3 cm³/mol. The van der Waals surface area contributed by atoms with Crippen LogP contribution in [0.2, 0.25) is 5.02 Å². The van der Waals surface area contributed by atoms with Gasteiger partial charge in [0.25, 0.3) is 5.91 Å². The number of carbonyl (C=O) groups is 2. The molecule has 0 aliphatic rings. The Bertz CT molecular complexity index is 764. The van der Waals surface area contributed by atoms with Gasteiger partial charge in [-0.2, -0.15) is 0 Å². The van der Waals surface area contributed by atoms with Crippen LogP contribution in [0.1, 0.15) is 17.3 Å². The number of methoxy groups -OCH3 is 2. The maximum absolute atomic E-state index is 12.3. The van der Waals surface area contributed by atoms with Gasteiger partial charge in [0.15, 0.2) is 6.10 Å². The Morgan fingerprint density at radius 1 is 1.16 bits per heavy atom. The van der Waals surface area contributed by atoms with Gasteiger partial charge in [-0.3, -0.25) is 4.79 Å². The van der Waals surface area contributed by atoms with E-state index < -0.39 is 18.0 Å². The van der Waals surface area contributed by atoms with Gasteiger partial charge in [-0.15, -0.1) is 0 Å². The van der Waals surface area contributed by atoms with Gasteiger partial charge < -0.3 is 19.5 Å². The molecule has 0 radical (unpaired) electrons. The Labute approximate surface area is 149 Å². The van der Waals surface area contributed by atoms with Crippen molar-refractivity contribution in [3.05, 3.63) is 47.1 Å². The zero-order valence-electron chi connectivity index (χ0n) is 13.9. The molecule has 1 aromatic carbocycles. The molecule has 132 valence electrons. The predicted octanol–water partition coefficient (Wildman–Crippen LogP) is 2.94. The lowest BCUT2D eigenvalue weighted by Gasteiger charge is -2.15. The summed E-state index contributed by atoms with van der Waals surface area (Å²) in [6, 6.07) is 7.84. The summed E-state index contributed by atoms with van der Waals surface area (Å²) in [7, 11) is 2.91. The molecule has 7 nitrogen and oxygen atoms in total. The third-order valence-corrected chi connectivity index (χ3v) is 3.48. The molecular formula is C17H17ClN2O5. The van der Waals surface area contributed by atoms with Gasteiger partial charge in [0, 0.05) is 6.20 Å². The molecule has 0 saturated carbocycles. The lowest BCUT2D eigenvalue weighted by molar-refractivity contribution is -0.123. The molecule has 0 saturated heterocycles. The number of pyridine rings is 1. The molecule has 0 fully saturated rings. The van der Waals surface area contributed by atoms with Gasteiger partial charge in [-0.1, -0.05) is 11.6 Å². The molecule has 0 aliphatic heterocycles. The first kappa shape index (κ1) is 18.5. The van der Waals surface area contributed by atoms with Crippen LogP contribution in [0.5, 0.6) is 11.5 Å². The molecular weight excluding hydrogens is 348 g/mol. The Kier molecular flexibility index (Phi) is 6.19. The van der Waals surface area contributed by atoms with Crippen LogP contribution in [0.4, 0.5) is 5.82 Å². The number of aromatic nitrogens is 1. The second kappa shape index (κ2) is 8.34. The highest BCUT2D eigenvalue weighted by atomic mass is 35.5. The largest absolute Gasteiger partial charge is 0.497 e. The number of esters is 1. The molecule has 1 atom stereocenters. The number of amides is 1. The first-order valence-electron chi connectivity index (χ1n) is 7.30. The Hall–Kier alpha value is -2.80. The Morgan fingerprint density at radius 2 is 1.92 bits per heavy atom. The van der Waals surface area contributed by atoms with E-state index in [1.165, 1.54) is 33.4 Å². The number of carbonyl (C=O) groups excluding carboxylic acids is 2. The number of rotatable bonds is 6. The van der Waals surface area contributed by atoms with Crippen LogP contribution < -0.4 is 14.8 Å². The molecule has 1 aromatic heterocycles. The van der Waals surface area contributed by atoms with E-state index in [-0.39, 0.29) is 5.56 Å². The van der Waals surface area contributed by atoms with Crippen molar-refractivity contribution in [1.29, 1.82) is 0 Å². The lowest BCUT2D eigenvalue weighted by Crippen LogP contribution is -2.30. The van der Waals surface area contributed by atoms with Crippen molar-refractivity contribution in [2.75, 3.05) is 19.5 Å². The van der Waals surface area contributed by atoms with Crippen LogP contribution in [0.25, 0.3) is 0 Å². The first-order chi connectivity index (χ1) is 11.9. The van der Waals surface area contributed by atoms with Crippen molar-refractivity contribution in [3.63, 3.8) is 0 Å². The average molecular weight is 365 g/mol. The van der Waals surface area contributed by atoms with E-state index in [9.17, 15) is 9.59 Å². The molecule has 2 rings (SSSR count). The van der Waals surface area contributed by atoms with Crippen molar-refractivity contribution < 1.29 is 23.8 Å². The number of hydrogen-bond donors (Lipinski definition) is 1. The molecule has 1 amide bonds. The van der Waals surface area contributed by atoms with Crippen LogP contribution in [-0.2, 0) is 9.53 Å². The smallest absolute Gasteiger partial charge is 0.342 e. The van der Waals surface area contributed by atoms with Crippen molar-refractivity contribution in [3.8, 4) is 11.5 Å². The minimum Gasteiger partial charge on any atom is -0.497 e. The van der Waals surface area contributed by atoms with Gasteiger partial charge in [-0.05, 0) is 37.3 Å². The zero-order valence-corrected chi connectivity index (χ0v) is 14.7. The quantitative estimate of drug-likeness (QED) is 0.793. The summed E-state index contributed by atoms with van der Waals surface area (Å²) in [5.41, 5.74) is 0.158. The van der Waals surface area contributed by atoms with E-state index in [2.05, 4.69) is 10.3 Å². The van der Waals surface area contributed by atoms with Crippen molar-refractivity contribution in [1.82, 2.24) is 4.98 Å². The van der Waals surface area contributed by atoms with Crippen LogP contribution in [0, 0.1) is 0 Å². The molecule has 8 heteroatoms. The minimum atomic E-state index is -1.04. The fourth-order valence-electron chi connectivity index (χ4n) is 1.93. The fourth-order valence-corrected chi connectivity index (χ4v) is 2.04. The topological polar surface area (TPSA) is 86.8 Å². The number of nitrogens with zero attached hydrogens (tertiary/aromatic N) is 1. The van der Waals surface area contributed by atoms with Crippen LogP contribution in [-0.4, -0.2) is 37.2 Å². The van der Waals surface area contributed by atoms with Crippen molar-refractivity contribution >= 4 is 29.3 Å². The van der Waals surface area contributed by atoms with Gasteiger partial charge in [0.05, 0.1) is 19.2 Å². The van der Waals surface area contributed by atoms with E-state index in [0.29, 0.717) is 22.3 Å². The number of hydrogen-bond acceptors (Lipinski definition) is 6. The first-order valence-corrected chi connectivity index (χ1v) is 7.67. The number of ether oxygens (including phenoxy) is 3. The minimum absolute atomic E-state index is 0.158. The molecule has 25 heavy (non-hydrogen) atoms. The van der Waals surface area contributed by atoms with Crippen LogP contribution in [0.3, 0.4) is 0 Å². The number of anilines is 1. The summed E-state index contributed by atoms with van der Waals surface area (Å²) < 4.78 is 15.4. The van der Waals surface area contributed by atoms with Crippen LogP contribution >= 0.6 is 11.6 Å². The number of halogens is 1. The third kappa shape index (κ3) is 4.84. The maximum Gasteiger partial charge on any atom is 0.342 e. The number of nitrogens with one attached hydrogen (secondary N) is 1. The second-order valence-electron chi connectivity index (χ2n) is 4.96. The van der Waals surface area contributed by atoms with E-state index in [1.54, 1.807) is 24.3 Å². The molecule has 0 bridgehead atoms. The summed E-state index contributed by atoms with van der Waals surface area (Å²) in [6.45, 7) is 1.45. The van der Waals surface area contributed by atoms with Crippen molar-refractivity contribution in [2.45, 2.75) is 13.0 Å². The van der Waals surface area contributed by atoms with Crippen molar-refractivity contribution in [2.24, 2.45) is 0 Å². The number of benzene rings is 1. The van der Waals surface area contributed by atoms with Gasteiger partial charge in [-0.25, -0.2) is 9.78 Å². The summed E-state index contributed by atoms with van der Waals surface area (Å²) in [5.74, 6) is -0.142. The maximum atomic E-state index is 12.3. The van der Waals surface area contributed by atoms with E-state index in [1.807, 2.05) is 0 Å². The second-order valence-corrected chi connectivity index (χ2v) is 5.40. The highest BCUT2D eigenvalue weighted by Gasteiger charge is 2.22. The highest BCUT2D eigenvalue weighted by molar-refractivity contribution is 6.30. The summed E-state index contributed by atoms with van der Waals surface area (Å²) in [6.07, 6.45) is 0.357. The molecule has 2 aromatic rings. The Balaban J connectivity index is 2.06. The summed E-state index contributed by atoms with van der Waals surface area (Å²) >= 11 is 5.73. The molecule has 1 N–H and O–H groups in total. The fraction of sp³-hybridized carbons (Fsp3) is 0.235. The van der Waals surface area contributed by atoms with E-state index >= 15 is 0 Å². The van der Waals surface area contributed by atoms with Crippen LogP contribution in [0.15, 0.2) is 36.5 Å². The third-order valence-electron chi connectivity index (χ3n) is 3.26. The highest BCUT2D eigenvalue weighted by Crippen LogP contribution is 2.25. The van der Waals surface area contributed by atoms with Gasteiger partial charge in [0.2, 0.25) is 0 Å². The Morgan fingerprint density at radius 3 is 2.52 bits per heavy atom. The van der Waals surface area contributed by atoms with Gasteiger partial charge in [0.1, 0.15) is 22.9 Å². The lowest BCUT2D eigenvalue weighted by atomic mass is 10.2. The SMILES string of the molecule is COc1ccc(OC)c(C(=O)O[C@H](C)C(=O)Nc2ccc(Cl)cn2)c1. The zero-order chi connectivity index (χ0) is 18.4. The molecule has 0 aliphatic carbocycles.